The van der Waals surface area contributed by atoms with Gasteiger partial charge in [0.1, 0.15) is 5.78 Å². The molecule has 0 aliphatic heterocycles. The Morgan fingerprint density at radius 1 is 1.27 bits per heavy atom. The minimum absolute atomic E-state index is 0.0798. The Balaban J connectivity index is 2.68. The minimum Gasteiger partial charge on any atom is -0.299 e. The fourth-order valence-corrected chi connectivity index (χ4v) is 1.01. The quantitative estimate of drug-likeness (QED) is 0.557. The molecule has 0 aromatic carbocycles. The van der Waals surface area contributed by atoms with Crippen molar-refractivity contribution in [2.24, 2.45) is 5.92 Å². The van der Waals surface area contributed by atoms with Crippen LogP contribution in [0.3, 0.4) is 0 Å². The van der Waals surface area contributed by atoms with Crippen molar-refractivity contribution < 1.29 is 4.79 Å². The molecule has 1 atom stereocenters. The van der Waals surface area contributed by atoms with Crippen molar-refractivity contribution in [2.75, 3.05) is 0 Å². The Kier molecular flexibility index (Phi) is 2.84. The fourth-order valence-electron chi connectivity index (χ4n) is 1.01. The van der Waals surface area contributed by atoms with Gasteiger partial charge < -0.3 is 0 Å². The van der Waals surface area contributed by atoms with E-state index in [2.05, 4.69) is 0 Å². The molecule has 0 saturated heterocycles. The highest BCUT2D eigenvalue weighted by Gasteiger charge is 2.07. The summed E-state index contributed by atoms with van der Waals surface area (Å²) in [6.07, 6.45) is 12.6. The highest BCUT2D eigenvalue weighted by Crippen LogP contribution is 2.09. The van der Waals surface area contributed by atoms with Crippen molar-refractivity contribution in [2.45, 2.75) is 13.3 Å². The summed E-state index contributed by atoms with van der Waals surface area (Å²) in [7, 11) is 0. The molecule has 0 spiro atoms. The molecule has 58 valence electrons. The summed E-state index contributed by atoms with van der Waals surface area (Å²) in [6, 6.07) is 0. The lowest BCUT2D eigenvalue weighted by Crippen LogP contribution is -2.06. The van der Waals surface area contributed by atoms with E-state index in [4.69, 9.17) is 0 Å². The number of carbonyl (C=O) groups is 1. The van der Waals surface area contributed by atoms with E-state index in [0.29, 0.717) is 0 Å². The van der Waals surface area contributed by atoms with Crippen LogP contribution in [-0.2, 0) is 4.79 Å². The van der Waals surface area contributed by atoms with Gasteiger partial charge in [-0.25, -0.2) is 0 Å². The molecule has 0 bridgehead atoms. The molecule has 11 heavy (non-hydrogen) atoms. The van der Waals surface area contributed by atoms with E-state index >= 15 is 0 Å². The molecular formula is C10H12O. The maximum absolute atomic E-state index is 11.0. The summed E-state index contributed by atoms with van der Waals surface area (Å²) in [5, 5.41) is 0. The maximum atomic E-state index is 11.0. The summed E-state index contributed by atoms with van der Waals surface area (Å²) in [5.41, 5.74) is 0. The van der Waals surface area contributed by atoms with Gasteiger partial charge in [0.05, 0.1) is 0 Å². The van der Waals surface area contributed by atoms with E-state index in [9.17, 15) is 4.79 Å². The molecule has 0 amide bonds. The minimum atomic E-state index is 0.0798. The maximum Gasteiger partial charge on any atom is 0.136 e. The molecule has 0 radical (unpaired) electrons. The van der Waals surface area contributed by atoms with Crippen LogP contribution < -0.4 is 0 Å². The second-order valence-electron chi connectivity index (χ2n) is 2.65. The first-order valence-electron chi connectivity index (χ1n) is 3.81. The van der Waals surface area contributed by atoms with Crippen molar-refractivity contribution in [3.63, 3.8) is 0 Å². The van der Waals surface area contributed by atoms with Gasteiger partial charge in [-0.1, -0.05) is 36.5 Å². The molecule has 0 aromatic heterocycles. The van der Waals surface area contributed by atoms with E-state index < -0.39 is 0 Å². The van der Waals surface area contributed by atoms with Crippen LogP contribution in [0.15, 0.2) is 36.5 Å². The van der Waals surface area contributed by atoms with Gasteiger partial charge in [0.25, 0.3) is 0 Å². The van der Waals surface area contributed by atoms with E-state index in [-0.39, 0.29) is 11.7 Å². The SMILES string of the molecule is CC(=O)C1C=C/C=C\C=C/C1. The zero-order valence-electron chi connectivity index (χ0n) is 6.66. The molecule has 1 aliphatic carbocycles. The Labute approximate surface area is 67.1 Å². The normalized spacial score (nSPS) is 28.6. The van der Waals surface area contributed by atoms with E-state index in [1.54, 1.807) is 6.92 Å². The van der Waals surface area contributed by atoms with Crippen LogP contribution in [0.25, 0.3) is 0 Å². The smallest absolute Gasteiger partial charge is 0.136 e. The van der Waals surface area contributed by atoms with Crippen LogP contribution >= 0.6 is 0 Å². The van der Waals surface area contributed by atoms with Gasteiger partial charge in [-0.3, -0.25) is 4.79 Å². The first-order valence-corrected chi connectivity index (χ1v) is 3.81. The van der Waals surface area contributed by atoms with E-state index in [1.165, 1.54) is 0 Å². The van der Waals surface area contributed by atoms with Gasteiger partial charge in [0.15, 0.2) is 0 Å². The topological polar surface area (TPSA) is 17.1 Å². The number of Topliss-reactive ketones (excluding diaryl/α,β-unsaturated/α-hetero) is 1. The molecule has 0 fully saturated rings. The molecule has 0 aromatic rings. The Morgan fingerprint density at radius 3 is 2.73 bits per heavy atom. The first kappa shape index (κ1) is 7.99. The summed E-state index contributed by atoms with van der Waals surface area (Å²) < 4.78 is 0. The van der Waals surface area contributed by atoms with Crippen molar-refractivity contribution in [3.8, 4) is 0 Å². The summed E-state index contributed by atoms with van der Waals surface area (Å²) in [4.78, 5) is 11.0. The predicted molar refractivity (Wildman–Crippen MR) is 46.2 cm³/mol. The van der Waals surface area contributed by atoms with Crippen LogP contribution in [0.1, 0.15) is 13.3 Å². The Bertz CT molecular complexity index is 221. The van der Waals surface area contributed by atoms with Crippen LogP contribution in [0.4, 0.5) is 0 Å². The standard InChI is InChI=1S/C10H12O/c1-9(11)10-7-5-3-2-4-6-8-10/h2-7,10H,8H2,1H3/b3-2-,6-4-,7-5?. The third kappa shape index (κ3) is 2.54. The molecule has 0 heterocycles. The number of allylic oxidation sites excluding steroid dienone is 6. The van der Waals surface area contributed by atoms with E-state index in [0.717, 1.165) is 6.42 Å². The zero-order chi connectivity index (χ0) is 8.10. The lowest BCUT2D eigenvalue weighted by Gasteiger charge is -2.04. The molecule has 1 heteroatoms. The predicted octanol–water partition coefficient (Wildman–Crippen LogP) is 2.26. The third-order valence-corrected chi connectivity index (χ3v) is 1.73. The van der Waals surface area contributed by atoms with Gasteiger partial charge in [-0.2, -0.15) is 0 Å². The third-order valence-electron chi connectivity index (χ3n) is 1.73. The second-order valence-corrected chi connectivity index (χ2v) is 2.65. The molecular weight excluding hydrogens is 136 g/mol. The van der Waals surface area contributed by atoms with Gasteiger partial charge in [-0.05, 0) is 13.3 Å². The lowest BCUT2D eigenvalue weighted by molar-refractivity contribution is -0.119. The van der Waals surface area contributed by atoms with Gasteiger partial charge >= 0.3 is 0 Å². The Hall–Kier alpha value is -1.11. The van der Waals surface area contributed by atoms with Crippen LogP contribution in [0.5, 0.6) is 0 Å². The summed E-state index contributed by atoms with van der Waals surface area (Å²) in [6.45, 7) is 1.63. The van der Waals surface area contributed by atoms with Crippen LogP contribution in [0.2, 0.25) is 0 Å². The van der Waals surface area contributed by atoms with E-state index in [1.807, 2.05) is 36.5 Å². The Morgan fingerprint density at radius 2 is 2.00 bits per heavy atom. The highest BCUT2D eigenvalue weighted by molar-refractivity contribution is 5.80. The second kappa shape index (κ2) is 3.91. The van der Waals surface area contributed by atoms with Crippen LogP contribution in [-0.4, -0.2) is 5.78 Å². The average molecular weight is 148 g/mol. The average Bonchev–Trinajstić information content (AvgIpc) is 1.84. The van der Waals surface area contributed by atoms with Gasteiger partial charge in [-0.15, -0.1) is 0 Å². The van der Waals surface area contributed by atoms with Gasteiger partial charge in [0.2, 0.25) is 0 Å². The van der Waals surface area contributed by atoms with Crippen molar-refractivity contribution in [3.05, 3.63) is 36.5 Å². The largest absolute Gasteiger partial charge is 0.299 e. The van der Waals surface area contributed by atoms with Crippen LogP contribution in [0, 0.1) is 5.92 Å². The highest BCUT2D eigenvalue weighted by atomic mass is 16.1. The number of hydrogen-bond donors (Lipinski definition) is 0. The summed E-state index contributed by atoms with van der Waals surface area (Å²) >= 11 is 0. The molecule has 0 N–H and O–H groups in total. The molecule has 0 saturated carbocycles. The molecule has 1 unspecified atom stereocenters. The number of hydrogen-bond acceptors (Lipinski definition) is 1. The molecule has 1 nitrogen and oxygen atoms in total. The zero-order valence-corrected chi connectivity index (χ0v) is 6.66. The number of ketones is 1. The number of rotatable bonds is 1. The molecule has 1 aliphatic rings. The van der Waals surface area contributed by atoms with Crippen molar-refractivity contribution in [1.29, 1.82) is 0 Å². The number of carbonyl (C=O) groups excluding carboxylic acids is 1. The molecule has 1 rings (SSSR count). The first-order chi connectivity index (χ1) is 5.30. The van der Waals surface area contributed by atoms with Gasteiger partial charge in [0, 0.05) is 5.92 Å². The fraction of sp³-hybridized carbons (Fsp3) is 0.300. The van der Waals surface area contributed by atoms with Crippen molar-refractivity contribution >= 4 is 5.78 Å². The lowest BCUT2D eigenvalue weighted by atomic mass is 9.99. The summed E-state index contributed by atoms with van der Waals surface area (Å²) in [5.74, 6) is 0.317. The monoisotopic (exact) mass is 148 g/mol. The van der Waals surface area contributed by atoms with Crippen molar-refractivity contribution in [1.82, 2.24) is 0 Å².